The number of ether oxygens (including phenoxy) is 1. The summed E-state index contributed by atoms with van der Waals surface area (Å²) in [7, 11) is 0. The standard InChI is InChI=1S/C19H16O4/c1-12-8-9-16-15(10-17(20)23-18(16)13(12)2)11-22-19(21)14-6-4-3-5-7-14/h3-10H,11H2,1-2H3. The van der Waals surface area contributed by atoms with Crippen LogP contribution in [0.1, 0.15) is 27.0 Å². The first kappa shape index (κ1) is 15.0. The van der Waals surface area contributed by atoms with Gasteiger partial charge in [0.2, 0.25) is 0 Å². The predicted octanol–water partition coefficient (Wildman–Crippen LogP) is 3.77. The fraction of sp³-hybridized carbons (Fsp3) is 0.158. The highest BCUT2D eigenvalue weighted by Gasteiger charge is 2.12. The van der Waals surface area contributed by atoms with Crippen molar-refractivity contribution in [1.82, 2.24) is 0 Å². The van der Waals surface area contributed by atoms with E-state index in [1.165, 1.54) is 6.07 Å². The van der Waals surface area contributed by atoms with Crippen LogP contribution >= 0.6 is 0 Å². The van der Waals surface area contributed by atoms with Crippen molar-refractivity contribution in [3.8, 4) is 0 Å². The highest BCUT2D eigenvalue weighted by Crippen LogP contribution is 2.23. The van der Waals surface area contributed by atoms with Crippen LogP contribution in [-0.2, 0) is 11.3 Å². The number of benzene rings is 2. The second kappa shape index (κ2) is 6.08. The molecule has 0 unspecified atom stereocenters. The maximum atomic E-state index is 12.0. The Labute approximate surface area is 133 Å². The molecule has 0 saturated heterocycles. The van der Waals surface area contributed by atoms with E-state index in [4.69, 9.17) is 9.15 Å². The largest absolute Gasteiger partial charge is 0.457 e. The third kappa shape index (κ3) is 3.01. The smallest absolute Gasteiger partial charge is 0.338 e. The first-order chi connectivity index (χ1) is 11.1. The minimum Gasteiger partial charge on any atom is -0.457 e. The summed E-state index contributed by atoms with van der Waals surface area (Å²) in [6.45, 7) is 3.88. The highest BCUT2D eigenvalue weighted by atomic mass is 16.5. The van der Waals surface area contributed by atoms with Gasteiger partial charge in [0.15, 0.2) is 0 Å². The molecule has 0 radical (unpaired) electrons. The predicted molar refractivity (Wildman–Crippen MR) is 87.5 cm³/mol. The van der Waals surface area contributed by atoms with Crippen molar-refractivity contribution in [2.75, 3.05) is 0 Å². The number of esters is 1. The van der Waals surface area contributed by atoms with Crippen LogP contribution in [-0.4, -0.2) is 5.97 Å². The van der Waals surface area contributed by atoms with E-state index in [-0.39, 0.29) is 6.61 Å². The quantitative estimate of drug-likeness (QED) is 0.546. The van der Waals surface area contributed by atoms with Gasteiger partial charge in [-0.2, -0.15) is 0 Å². The second-order valence-corrected chi connectivity index (χ2v) is 5.42. The Morgan fingerprint density at radius 1 is 1.09 bits per heavy atom. The lowest BCUT2D eigenvalue weighted by molar-refractivity contribution is 0.0474. The van der Waals surface area contributed by atoms with Gasteiger partial charge in [-0.05, 0) is 37.1 Å². The molecule has 2 aromatic carbocycles. The van der Waals surface area contributed by atoms with Crippen molar-refractivity contribution >= 4 is 16.9 Å². The lowest BCUT2D eigenvalue weighted by atomic mass is 10.0. The number of carbonyl (C=O) groups is 1. The van der Waals surface area contributed by atoms with Gasteiger partial charge in [0.05, 0.1) is 5.56 Å². The molecule has 0 spiro atoms. The van der Waals surface area contributed by atoms with E-state index in [1.54, 1.807) is 24.3 Å². The van der Waals surface area contributed by atoms with Crippen LogP contribution in [0, 0.1) is 13.8 Å². The van der Waals surface area contributed by atoms with Gasteiger partial charge < -0.3 is 9.15 Å². The molecule has 1 heterocycles. The molecule has 0 aliphatic rings. The molecule has 0 aliphatic carbocycles. The first-order valence-electron chi connectivity index (χ1n) is 7.31. The molecule has 0 fully saturated rings. The summed E-state index contributed by atoms with van der Waals surface area (Å²) < 4.78 is 10.6. The van der Waals surface area contributed by atoms with E-state index in [9.17, 15) is 9.59 Å². The zero-order valence-corrected chi connectivity index (χ0v) is 13.0. The summed E-state index contributed by atoms with van der Waals surface area (Å²) in [5.74, 6) is -0.421. The Morgan fingerprint density at radius 2 is 1.83 bits per heavy atom. The molecule has 4 heteroatoms. The third-order valence-corrected chi connectivity index (χ3v) is 3.89. The van der Waals surface area contributed by atoms with E-state index in [0.717, 1.165) is 16.5 Å². The van der Waals surface area contributed by atoms with E-state index in [0.29, 0.717) is 16.7 Å². The summed E-state index contributed by atoms with van der Waals surface area (Å²) in [6.07, 6.45) is 0. The number of hydrogen-bond acceptors (Lipinski definition) is 4. The van der Waals surface area contributed by atoms with Crippen LogP contribution in [0.15, 0.2) is 57.7 Å². The van der Waals surface area contributed by atoms with Crippen molar-refractivity contribution in [2.45, 2.75) is 20.5 Å². The maximum absolute atomic E-state index is 12.0. The van der Waals surface area contributed by atoms with Gasteiger partial charge in [-0.15, -0.1) is 0 Å². The molecule has 3 aromatic rings. The van der Waals surface area contributed by atoms with Gasteiger partial charge >= 0.3 is 11.6 Å². The number of carbonyl (C=O) groups excluding carboxylic acids is 1. The summed E-state index contributed by atoms with van der Waals surface area (Å²) in [6, 6.07) is 14.0. The van der Waals surface area contributed by atoms with E-state index < -0.39 is 11.6 Å². The highest BCUT2D eigenvalue weighted by molar-refractivity contribution is 5.89. The van der Waals surface area contributed by atoms with E-state index in [1.807, 2.05) is 32.0 Å². The van der Waals surface area contributed by atoms with Crippen LogP contribution in [0.2, 0.25) is 0 Å². The second-order valence-electron chi connectivity index (χ2n) is 5.42. The number of hydrogen-bond donors (Lipinski definition) is 0. The molecule has 23 heavy (non-hydrogen) atoms. The molecule has 1 aromatic heterocycles. The number of aryl methyl sites for hydroxylation is 2. The van der Waals surface area contributed by atoms with Gasteiger partial charge in [0.1, 0.15) is 12.2 Å². The molecule has 0 saturated carbocycles. The van der Waals surface area contributed by atoms with Gasteiger partial charge in [-0.25, -0.2) is 9.59 Å². The van der Waals surface area contributed by atoms with Gasteiger partial charge in [0, 0.05) is 17.0 Å². The van der Waals surface area contributed by atoms with Crippen molar-refractivity contribution in [3.05, 3.63) is 81.2 Å². The van der Waals surface area contributed by atoms with E-state index >= 15 is 0 Å². The zero-order chi connectivity index (χ0) is 16.4. The summed E-state index contributed by atoms with van der Waals surface area (Å²) in [5, 5.41) is 0.786. The minimum absolute atomic E-state index is 0.0261. The summed E-state index contributed by atoms with van der Waals surface area (Å²) in [5.41, 5.74) is 3.17. The number of rotatable bonds is 3. The lowest BCUT2D eigenvalue weighted by Gasteiger charge is -2.09. The monoisotopic (exact) mass is 308 g/mol. The molecular formula is C19H16O4. The molecule has 4 nitrogen and oxygen atoms in total. The van der Waals surface area contributed by atoms with Crippen LogP contribution in [0.3, 0.4) is 0 Å². The molecule has 0 atom stereocenters. The Morgan fingerprint density at radius 3 is 2.57 bits per heavy atom. The molecular weight excluding hydrogens is 292 g/mol. The Balaban J connectivity index is 1.93. The van der Waals surface area contributed by atoms with Crippen LogP contribution in [0.4, 0.5) is 0 Å². The van der Waals surface area contributed by atoms with Crippen molar-refractivity contribution in [1.29, 1.82) is 0 Å². The van der Waals surface area contributed by atoms with Crippen molar-refractivity contribution < 1.29 is 13.9 Å². The van der Waals surface area contributed by atoms with Crippen molar-refractivity contribution in [2.24, 2.45) is 0 Å². The third-order valence-electron chi connectivity index (χ3n) is 3.89. The van der Waals surface area contributed by atoms with Crippen LogP contribution in [0.25, 0.3) is 11.0 Å². The molecule has 0 bridgehead atoms. The molecule has 0 N–H and O–H groups in total. The fourth-order valence-electron chi connectivity index (χ4n) is 2.44. The maximum Gasteiger partial charge on any atom is 0.338 e. The lowest BCUT2D eigenvalue weighted by Crippen LogP contribution is -2.08. The Kier molecular flexibility index (Phi) is 3.98. The fourth-order valence-corrected chi connectivity index (χ4v) is 2.44. The van der Waals surface area contributed by atoms with Gasteiger partial charge in [-0.1, -0.05) is 30.3 Å². The Bertz CT molecular complexity index is 923. The molecule has 0 amide bonds. The van der Waals surface area contributed by atoms with E-state index in [2.05, 4.69) is 0 Å². The first-order valence-corrected chi connectivity index (χ1v) is 7.31. The number of fused-ring (bicyclic) bond motifs is 1. The van der Waals surface area contributed by atoms with Crippen LogP contribution < -0.4 is 5.63 Å². The minimum atomic E-state index is -0.447. The zero-order valence-electron chi connectivity index (χ0n) is 13.0. The van der Waals surface area contributed by atoms with Gasteiger partial charge in [0.25, 0.3) is 0 Å². The summed E-state index contributed by atoms with van der Waals surface area (Å²) >= 11 is 0. The topological polar surface area (TPSA) is 56.5 Å². The Hall–Kier alpha value is -2.88. The average Bonchev–Trinajstić information content (AvgIpc) is 2.57. The molecule has 0 aliphatic heterocycles. The molecule has 116 valence electrons. The van der Waals surface area contributed by atoms with Gasteiger partial charge in [-0.3, -0.25) is 0 Å². The SMILES string of the molecule is Cc1ccc2c(COC(=O)c3ccccc3)cc(=O)oc2c1C. The molecule has 3 rings (SSSR count). The van der Waals surface area contributed by atoms with Crippen LogP contribution in [0.5, 0.6) is 0 Å². The average molecular weight is 308 g/mol. The summed E-state index contributed by atoms with van der Waals surface area (Å²) in [4.78, 5) is 23.8. The van der Waals surface area contributed by atoms with Crippen molar-refractivity contribution in [3.63, 3.8) is 0 Å². The normalized spacial score (nSPS) is 10.7.